The second kappa shape index (κ2) is 5.91. The molecular formula is C14H14N2O2. The summed E-state index contributed by atoms with van der Waals surface area (Å²) < 4.78 is 5.34. The van der Waals surface area contributed by atoms with Crippen molar-refractivity contribution in [3.63, 3.8) is 0 Å². The molecule has 92 valence electrons. The molecule has 1 aromatic carbocycles. The molecule has 1 atom stereocenters. The molecule has 0 saturated carbocycles. The van der Waals surface area contributed by atoms with E-state index in [0.29, 0.717) is 5.69 Å². The fourth-order valence-electron chi connectivity index (χ4n) is 1.60. The van der Waals surface area contributed by atoms with Crippen LogP contribution in [0.2, 0.25) is 0 Å². The van der Waals surface area contributed by atoms with E-state index in [0.717, 1.165) is 5.56 Å². The van der Waals surface area contributed by atoms with Crippen LogP contribution in [-0.4, -0.2) is 15.9 Å². The Morgan fingerprint density at radius 2 is 2.06 bits per heavy atom. The first-order valence-corrected chi connectivity index (χ1v) is 5.75. The average molecular weight is 242 g/mol. The zero-order chi connectivity index (χ0) is 12.8. The summed E-state index contributed by atoms with van der Waals surface area (Å²) in [5.74, 6) is -0.287. The zero-order valence-corrected chi connectivity index (χ0v) is 10.1. The van der Waals surface area contributed by atoms with Crippen LogP contribution in [0.15, 0.2) is 48.9 Å². The Kier molecular flexibility index (Phi) is 4.02. The first-order valence-electron chi connectivity index (χ1n) is 5.75. The lowest BCUT2D eigenvalue weighted by Crippen LogP contribution is -2.12. The van der Waals surface area contributed by atoms with Crippen LogP contribution in [0.25, 0.3) is 0 Å². The standard InChI is InChI=1S/C14H14N2O2/c1-11(12-5-3-2-4-6-12)18-14(17)9-13-7-8-15-10-16-13/h2-8,10-11H,9H2,1H3. The largest absolute Gasteiger partial charge is 0.457 e. The lowest BCUT2D eigenvalue weighted by atomic mass is 10.1. The van der Waals surface area contributed by atoms with Crippen molar-refractivity contribution in [2.45, 2.75) is 19.4 Å². The second-order valence-electron chi connectivity index (χ2n) is 3.92. The predicted octanol–water partition coefficient (Wildman–Crippen LogP) is 2.32. The monoisotopic (exact) mass is 242 g/mol. The molecule has 1 aromatic heterocycles. The maximum atomic E-state index is 11.7. The molecule has 1 unspecified atom stereocenters. The lowest BCUT2D eigenvalue weighted by molar-refractivity contribution is -0.147. The summed E-state index contributed by atoms with van der Waals surface area (Å²) >= 11 is 0. The van der Waals surface area contributed by atoms with E-state index in [1.54, 1.807) is 12.3 Å². The number of rotatable bonds is 4. The SMILES string of the molecule is CC(OC(=O)Cc1ccncn1)c1ccccc1. The molecule has 2 aromatic rings. The summed E-state index contributed by atoms with van der Waals surface area (Å²) in [6.07, 6.45) is 2.94. The van der Waals surface area contributed by atoms with Crippen LogP contribution in [0.3, 0.4) is 0 Å². The van der Waals surface area contributed by atoms with E-state index in [1.807, 2.05) is 37.3 Å². The summed E-state index contributed by atoms with van der Waals surface area (Å²) in [7, 11) is 0. The number of ether oxygens (including phenoxy) is 1. The molecule has 1 heterocycles. The van der Waals surface area contributed by atoms with Crippen molar-refractivity contribution in [1.29, 1.82) is 0 Å². The Morgan fingerprint density at radius 3 is 2.72 bits per heavy atom. The Bertz CT molecular complexity index is 500. The van der Waals surface area contributed by atoms with E-state index in [4.69, 9.17) is 4.74 Å². The molecule has 2 rings (SSSR count). The number of hydrogen-bond acceptors (Lipinski definition) is 4. The quantitative estimate of drug-likeness (QED) is 0.772. The second-order valence-corrected chi connectivity index (χ2v) is 3.92. The average Bonchev–Trinajstić information content (AvgIpc) is 2.40. The third-order valence-corrected chi connectivity index (χ3v) is 2.55. The van der Waals surface area contributed by atoms with Gasteiger partial charge in [0.15, 0.2) is 0 Å². The lowest BCUT2D eigenvalue weighted by Gasteiger charge is -2.13. The predicted molar refractivity (Wildman–Crippen MR) is 66.7 cm³/mol. The number of carbonyl (C=O) groups is 1. The summed E-state index contributed by atoms with van der Waals surface area (Å²) in [6.45, 7) is 1.85. The van der Waals surface area contributed by atoms with E-state index in [-0.39, 0.29) is 18.5 Å². The number of benzene rings is 1. The van der Waals surface area contributed by atoms with Gasteiger partial charge in [-0.25, -0.2) is 9.97 Å². The first kappa shape index (κ1) is 12.2. The third kappa shape index (κ3) is 3.38. The molecule has 0 saturated heterocycles. The Labute approximate surface area is 106 Å². The molecule has 0 spiro atoms. The highest BCUT2D eigenvalue weighted by molar-refractivity contribution is 5.72. The van der Waals surface area contributed by atoms with Gasteiger partial charge in [-0.2, -0.15) is 0 Å². The van der Waals surface area contributed by atoms with Crippen LogP contribution in [0.1, 0.15) is 24.3 Å². The summed E-state index contributed by atoms with van der Waals surface area (Å²) in [5, 5.41) is 0. The van der Waals surface area contributed by atoms with Crippen molar-refractivity contribution in [3.05, 3.63) is 60.2 Å². The van der Waals surface area contributed by atoms with Gasteiger partial charge in [0.2, 0.25) is 0 Å². The van der Waals surface area contributed by atoms with Crippen molar-refractivity contribution in [2.75, 3.05) is 0 Å². The van der Waals surface area contributed by atoms with Gasteiger partial charge in [-0.3, -0.25) is 4.79 Å². The maximum Gasteiger partial charge on any atom is 0.312 e. The number of hydrogen-bond donors (Lipinski definition) is 0. The summed E-state index contributed by atoms with van der Waals surface area (Å²) in [5.41, 5.74) is 1.64. The van der Waals surface area contributed by atoms with Gasteiger partial charge < -0.3 is 4.74 Å². The first-order chi connectivity index (χ1) is 8.75. The van der Waals surface area contributed by atoms with E-state index in [9.17, 15) is 4.79 Å². The number of esters is 1. The minimum absolute atomic E-state index is 0.166. The van der Waals surface area contributed by atoms with Crippen molar-refractivity contribution in [3.8, 4) is 0 Å². The zero-order valence-electron chi connectivity index (χ0n) is 10.1. The Balaban J connectivity index is 1.92. The Hall–Kier alpha value is -2.23. The number of nitrogens with zero attached hydrogens (tertiary/aromatic N) is 2. The van der Waals surface area contributed by atoms with Gasteiger partial charge in [-0.05, 0) is 18.6 Å². The smallest absolute Gasteiger partial charge is 0.312 e. The minimum Gasteiger partial charge on any atom is -0.457 e. The fourth-order valence-corrected chi connectivity index (χ4v) is 1.60. The Morgan fingerprint density at radius 1 is 1.28 bits per heavy atom. The molecule has 0 amide bonds. The topological polar surface area (TPSA) is 52.1 Å². The third-order valence-electron chi connectivity index (χ3n) is 2.55. The molecule has 0 bridgehead atoms. The van der Waals surface area contributed by atoms with Crippen LogP contribution in [0.4, 0.5) is 0 Å². The molecule has 4 nitrogen and oxygen atoms in total. The molecule has 4 heteroatoms. The summed E-state index contributed by atoms with van der Waals surface area (Å²) in [6, 6.07) is 11.3. The maximum absolute atomic E-state index is 11.7. The van der Waals surface area contributed by atoms with Gasteiger partial charge in [0, 0.05) is 6.20 Å². The van der Waals surface area contributed by atoms with E-state index in [2.05, 4.69) is 9.97 Å². The van der Waals surface area contributed by atoms with Crippen LogP contribution in [-0.2, 0) is 16.0 Å². The molecule has 0 N–H and O–H groups in total. The number of aromatic nitrogens is 2. The number of carbonyl (C=O) groups excluding carboxylic acids is 1. The van der Waals surface area contributed by atoms with Crippen LogP contribution in [0.5, 0.6) is 0 Å². The molecule has 0 aliphatic rings. The molecule has 0 aliphatic heterocycles. The van der Waals surface area contributed by atoms with E-state index >= 15 is 0 Å². The van der Waals surface area contributed by atoms with Crippen LogP contribution < -0.4 is 0 Å². The highest BCUT2D eigenvalue weighted by Crippen LogP contribution is 2.16. The minimum atomic E-state index is -0.287. The van der Waals surface area contributed by atoms with Gasteiger partial charge in [-0.1, -0.05) is 30.3 Å². The van der Waals surface area contributed by atoms with Gasteiger partial charge in [0.05, 0.1) is 12.1 Å². The van der Waals surface area contributed by atoms with Crippen molar-refractivity contribution in [2.24, 2.45) is 0 Å². The highest BCUT2D eigenvalue weighted by atomic mass is 16.5. The van der Waals surface area contributed by atoms with Crippen molar-refractivity contribution in [1.82, 2.24) is 9.97 Å². The molecule has 0 radical (unpaired) electrons. The molecule has 18 heavy (non-hydrogen) atoms. The molecule has 0 aliphatic carbocycles. The molecular weight excluding hydrogens is 228 g/mol. The van der Waals surface area contributed by atoms with Gasteiger partial charge in [0.1, 0.15) is 12.4 Å². The highest BCUT2D eigenvalue weighted by Gasteiger charge is 2.12. The van der Waals surface area contributed by atoms with Crippen LogP contribution >= 0.6 is 0 Å². The normalized spacial score (nSPS) is 11.8. The van der Waals surface area contributed by atoms with Crippen LogP contribution in [0, 0.1) is 0 Å². The van der Waals surface area contributed by atoms with Crippen molar-refractivity contribution >= 4 is 5.97 Å². The van der Waals surface area contributed by atoms with Gasteiger partial charge >= 0.3 is 5.97 Å². The van der Waals surface area contributed by atoms with E-state index < -0.39 is 0 Å². The van der Waals surface area contributed by atoms with Gasteiger partial charge in [-0.15, -0.1) is 0 Å². The van der Waals surface area contributed by atoms with E-state index in [1.165, 1.54) is 6.33 Å². The fraction of sp³-hybridized carbons (Fsp3) is 0.214. The van der Waals surface area contributed by atoms with Crippen molar-refractivity contribution < 1.29 is 9.53 Å². The van der Waals surface area contributed by atoms with Gasteiger partial charge in [0.25, 0.3) is 0 Å². The molecule has 0 fully saturated rings. The summed E-state index contributed by atoms with van der Waals surface area (Å²) in [4.78, 5) is 19.5.